The molecule has 1 aliphatic heterocycles. The summed E-state index contributed by atoms with van der Waals surface area (Å²) < 4.78 is 29.1. The van der Waals surface area contributed by atoms with Gasteiger partial charge in [-0.2, -0.15) is 0 Å². The van der Waals surface area contributed by atoms with Crippen LogP contribution in [0.1, 0.15) is 30.4 Å². The predicted molar refractivity (Wildman–Crippen MR) is 128 cm³/mol. The molecule has 1 aliphatic rings. The summed E-state index contributed by atoms with van der Waals surface area (Å²) in [5.74, 6) is -0.287. The highest BCUT2D eigenvalue weighted by atomic mass is 32.2. The lowest BCUT2D eigenvalue weighted by Gasteiger charge is -2.31. The first-order valence-corrected chi connectivity index (χ1v) is 13.0. The van der Waals surface area contributed by atoms with Gasteiger partial charge in [-0.25, -0.2) is 17.7 Å². The minimum absolute atomic E-state index is 0.0853. The molecule has 0 spiro atoms. The van der Waals surface area contributed by atoms with E-state index in [9.17, 15) is 13.2 Å². The number of aryl methyl sites for hydroxylation is 1. The molecule has 1 saturated heterocycles. The van der Waals surface area contributed by atoms with E-state index in [1.165, 1.54) is 4.31 Å². The van der Waals surface area contributed by atoms with Crippen LogP contribution in [0.4, 0.5) is 0 Å². The van der Waals surface area contributed by atoms with Crippen LogP contribution < -0.4 is 5.32 Å². The molecule has 33 heavy (non-hydrogen) atoms. The van der Waals surface area contributed by atoms with Crippen molar-refractivity contribution in [1.82, 2.24) is 19.2 Å². The van der Waals surface area contributed by atoms with Gasteiger partial charge in [0.1, 0.15) is 0 Å². The minimum atomic E-state index is -3.37. The van der Waals surface area contributed by atoms with E-state index in [1.54, 1.807) is 12.5 Å². The van der Waals surface area contributed by atoms with Crippen LogP contribution in [0.3, 0.4) is 0 Å². The van der Waals surface area contributed by atoms with Crippen molar-refractivity contribution in [1.29, 1.82) is 0 Å². The molecule has 1 fully saturated rings. The van der Waals surface area contributed by atoms with Crippen LogP contribution in [0.25, 0.3) is 5.69 Å². The zero-order chi connectivity index (χ0) is 23.1. The first-order chi connectivity index (χ1) is 16.0. The molecular formula is C25H30N4O3S. The Labute approximate surface area is 195 Å². The SMILES string of the molecule is O=C(NCc1ccc(-n2ccnc2)cc1)[C@H]1CCCN(S(=O)(=O)CCCc2ccccc2)C1. The lowest BCUT2D eigenvalue weighted by atomic mass is 9.99. The maximum absolute atomic E-state index is 12.8. The van der Waals surface area contributed by atoms with Gasteiger partial charge in [-0.1, -0.05) is 42.5 Å². The number of sulfonamides is 1. The molecule has 3 aromatic rings. The Balaban J connectivity index is 1.26. The first-order valence-electron chi connectivity index (χ1n) is 11.4. The minimum Gasteiger partial charge on any atom is -0.352 e. The van der Waals surface area contributed by atoms with Crippen LogP contribution in [-0.2, 0) is 27.8 Å². The molecule has 0 radical (unpaired) electrons. The molecule has 1 aromatic heterocycles. The Morgan fingerprint density at radius 3 is 2.58 bits per heavy atom. The van der Waals surface area contributed by atoms with Gasteiger partial charge in [-0.3, -0.25) is 4.79 Å². The quantitative estimate of drug-likeness (QED) is 0.525. The number of nitrogens with zero attached hydrogens (tertiary/aromatic N) is 3. The fourth-order valence-corrected chi connectivity index (χ4v) is 5.75. The molecule has 174 valence electrons. The predicted octanol–water partition coefficient (Wildman–Crippen LogP) is 3.16. The molecule has 1 N–H and O–H groups in total. The monoisotopic (exact) mass is 466 g/mol. The van der Waals surface area contributed by atoms with E-state index < -0.39 is 10.0 Å². The summed E-state index contributed by atoms with van der Waals surface area (Å²) in [6.07, 6.45) is 8.07. The lowest BCUT2D eigenvalue weighted by Crippen LogP contribution is -2.46. The third-order valence-corrected chi connectivity index (χ3v) is 7.99. The van der Waals surface area contributed by atoms with Crippen molar-refractivity contribution in [3.63, 3.8) is 0 Å². The Bertz CT molecular complexity index is 1130. The number of hydrogen-bond donors (Lipinski definition) is 1. The maximum atomic E-state index is 12.8. The average Bonchev–Trinajstić information content (AvgIpc) is 3.39. The number of aromatic nitrogens is 2. The summed E-state index contributed by atoms with van der Waals surface area (Å²) in [4.78, 5) is 16.8. The van der Waals surface area contributed by atoms with E-state index >= 15 is 0 Å². The highest BCUT2D eigenvalue weighted by Gasteiger charge is 2.31. The molecule has 1 amide bonds. The van der Waals surface area contributed by atoms with Gasteiger partial charge in [0.15, 0.2) is 0 Å². The number of carbonyl (C=O) groups excluding carboxylic acids is 1. The van der Waals surface area contributed by atoms with Crippen molar-refractivity contribution in [2.24, 2.45) is 5.92 Å². The summed E-state index contributed by atoms with van der Waals surface area (Å²) in [6, 6.07) is 17.8. The molecule has 8 heteroatoms. The zero-order valence-electron chi connectivity index (χ0n) is 18.6. The Morgan fingerprint density at radius 1 is 1.06 bits per heavy atom. The number of piperidine rings is 1. The number of rotatable bonds is 9. The van der Waals surface area contributed by atoms with Crippen molar-refractivity contribution in [2.75, 3.05) is 18.8 Å². The summed E-state index contributed by atoms with van der Waals surface area (Å²) in [5.41, 5.74) is 3.14. The van der Waals surface area contributed by atoms with Crippen LogP contribution in [-0.4, -0.2) is 47.0 Å². The van der Waals surface area contributed by atoms with E-state index in [0.29, 0.717) is 32.4 Å². The van der Waals surface area contributed by atoms with Crippen molar-refractivity contribution in [3.05, 3.63) is 84.4 Å². The van der Waals surface area contributed by atoms with Gasteiger partial charge < -0.3 is 9.88 Å². The number of nitrogens with one attached hydrogen (secondary N) is 1. The molecule has 2 heterocycles. The summed E-state index contributed by atoms with van der Waals surface area (Å²) in [6.45, 7) is 1.18. The standard InChI is InChI=1S/C25H30N4O3S/c30-25(27-18-22-10-12-24(13-11-22)28-16-14-26-20-28)23-9-4-15-29(19-23)33(31,32)17-5-8-21-6-2-1-3-7-21/h1-3,6-7,10-14,16,20,23H,4-5,8-9,15,17-19H2,(H,27,30)/t23-/m0/s1. The molecule has 0 saturated carbocycles. The Hall–Kier alpha value is -2.97. The van der Waals surface area contributed by atoms with Gasteiger partial charge in [0.05, 0.1) is 18.0 Å². The van der Waals surface area contributed by atoms with Gasteiger partial charge in [0, 0.05) is 37.7 Å². The number of carbonyl (C=O) groups is 1. The third kappa shape index (κ3) is 6.30. The van der Waals surface area contributed by atoms with Crippen molar-refractivity contribution < 1.29 is 13.2 Å². The molecule has 1 atom stereocenters. The first kappa shape index (κ1) is 23.2. The van der Waals surface area contributed by atoms with Crippen molar-refractivity contribution >= 4 is 15.9 Å². The third-order valence-electron chi connectivity index (χ3n) is 6.06. The fourth-order valence-electron chi connectivity index (χ4n) is 4.17. The molecule has 0 aliphatic carbocycles. The van der Waals surface area contributed by atoms with Crippen LogP contribution >= 0.6 is 0 Å². The number of imidazole rings is 1. The van der Waals surface area contributed by atoms with E-state index in [4.69, 9.17) is 0 Å². The molecular weight excluding hydrogens is 436 g/mol. The van der Waals surface area contributed by atoms with E-state index in [-0.39, 0.29) is 24.1 Å². The average molecular weight is 467 g/mol. The lowest BCUT2D eigenvalue weighted by molar-refractivity contribution is -0.126. The van der Waals surface area contributed by atoms with Crippen molar-refractivity contribution in [2.45, 2.75) is 32.2 Å². The van der Waals surface area contributed by atoms with Gasteiger partial charge in [0.25, 0.3) is 0 Å². The molecule has 4 rings (SSSR count). The van der Waals surface area contributed by atoms with Gasteiger partial charge in [0.2, 0.25) is 15.9 Å². The second-order valence-electron chi connectivity index (χ2n) is 8.46. The summed E-state index contributed by atoms with van der Waals surface area (Å²) in [5, 5.41) is 2.98. The molecule has 0 unspecified atom stereocenters. The van der Waals surface area contributed by atoms with Gasteiger partial charge >= 0.3 is 0 Å². The van der Waals surface area contributed by atoms with Crippen LogP contribution in [0.5, 0.6) is 0 Å². The maximum Gasteiger partial charge on any atom is 0.224 e. The van der Waals surface area contributed by atoms with Crippen LogP contribution in [0.2, 0.25) is 0 Å². The normalized spacial score (nSPS) is 17.0. The van der Waals surface area contributed by atoms with Crippen LogP contribution in [0.15, 0.2) is 73.3 Å². The number of hydrogen-bond acceptors (Lipinski definition) is 4. The van der Waals surface area contributed by atoms with E-state index in [0.717, 1.165) is 23.2 Å². The molecule has 7 nitrogen and oxygen atoms in total. The summed E-state index contributed by atoms with van der Waals surface area (Å²) in [7, 11) is -3.37. The topological polar surface area (TPSA) is 84.3 Å². The van der Waals surface area contributed by atoms with Crippen molar-refractivity contribution in [3.8, 4) is 5.69 Å². The van der Waals surface area contributed by atoms with Crippen LogP contribution in [0, 0.1) is 5.92 Å². The van der Waals surface area contributed by atoms with Gasteiger partial charge in [-0.05, 0) is 48.9 Å². The highest BCUT2D eigenvalue weighted by molar-refractivity contribution is 7.89. The second kappa shape index (κ2) is 10.8. The zero-order valence-corrected chi connectivity index (χ0v) is 19.5. The van der Waals surface area contributed by atoms with E-state index in [1.807, 2.05) is 65.4 Å². The molecule has 0 bridgehead atoms. The Morgan fingerprint density at radius 2 is 1.85 bits per heavy atom. The number of benzene rings is 2. The number of amides is 1. The Kier molecular flexibility index (Phi) is 7.57. The smallest absolute Gasteiger partial charge is 0.224 e. The fraction of sp³-hybridized carbons (Fsp3) is 0.360. The van der Waals surface area contributed by atoms with E-state index in [2.05, 4.69) is 10.3 Å². The summed E-state index contributed by atoms with van der Waals surface area (Å²) >= 11 is 0. The second-order valence-corrected chi connectivity index (χ2v) is 10.5. The molecule has 2 aromatic carbocycles. The van der Waals surface area contributed by atoms with Gasteiger partial charge in [-0.15, -0.1) is 0 Å². The largest absolute Gasteiger partial charge is 0.352 e. The highest BCUT2D eigenvalue weighted by Crippen LogP contribution is 2.21.